The fraction of sp³-hybridized carbons (Fsp3) is 1.00. The first-order valence-corrected chi connectivity index (χ1v) is 11.4. The first-order valence-electron chi connectivity index (χ1n) is 11.4. The van der Waals surface area contributed by atoms with Crippen LogP contribution in [0.15, 0.2) is 0 Å². The van der Waals surface area contributed by atoms with Crippen LogP contribution < -0.4 is 0 Å². The molecule has 0 radical (unpaired) electrons. The van der Waals surface area contributed by atoms with Crippen molar-refractivity contribution in [2.75, 3.05) is 20.3 Å². The Morgan fingerprint density at radius 1 is 0.625 bits per heavy atom. The van der Waals surface area contributed by atoms with Gasteiger partial charge in [-0.3, -0.25) is 0 Å². The van der Waals surface area contributed by atoms with E-state index < -0.39 is 74.6 Å². The van der Waals surface area contributed by atoms with Crippen molar-refractivity contribution >= 4 is 0 Å². The number of ether oxygens (including phenoxy) is 4. The molecule has 0 unspecified atom stereocenters. The van der Waals surface area contributed by atoms with E-state index in [4.69, 9.17) is 24.1 Å². The zero-order valence-electron chi connectivity index (χ0n) is 19.2. The predicted molar refractivity (Wildman–Crippen MR) is 112 cm³/mol. The monoisotopic (exact) mass is 470 g/mol. The van der Waals surface area contributed by atoms with Crippen LogP contribution in [0.3, 0.4) is 0 Å². The molecule has 0 aromatic rings. The van der Waals surface area contributed by atoms with Gasteiger partial charge in [0.1, 0.15) is 48.8 Å². The van der Waals surface area contributed by atoms with Crippen molar-refractivity contribution in [3.8, 4) is 0 Å². The number of unbranched alkanes of at least 4 members (excludes halogenated alkanes) is 5. The molecule has 2 saturated heterocycles. The highest BCUT2D eigenvalue weighted by atomic mass is 16.7. The van der Waals surface area contributed by atoms with Gasteiger partial charge in [0.05, 0.1) is 13.2 Å². The first kappa shape index (κ1) is 29.6. The summed E-state index contributed by atoms with van der Waals surface area (Å²) in [5, 5.41) is 68.0. The molecule has 11 heteroatoms. The highest BCUT2D eigenvalue weighted by Crippen LogP contribution is 2.29. The van der Waals surface area contributed by atoms with Gasteiger partial charge in [-0.1, -0.05) is 52.4 Å². The summed E-state index contributed by atoms with van der Waals surface area (Å²) in [7, 11) is 1.24. The van der Waals surface area contributed by atoms with Gasteiger partial charge < -0.3 is 54.7 Å². The topological polar surface area (TPSA) is 179 Å². The van der Waals surface area contributed by atoms with Crippen molar-refractivity contribution in [3.05, 3.63) is 0 Å². The molecule has 2 aliphatic rings. The summed E-state index contributed by atoms with van der Waals surface area (Å²) in [5.41, 5.74) is 0. The Bertz CT molecular complexity index is 473. The number of aliphatic hydroxyl groups excluding tert-OH is 7. The average molecular weight is 471 g/mol. The second-order valence-electron chi connectivity index (χ2n) is 8.15. The van der Waals surface area contributed by atoms with Crippen molar-refractivity contribution in [2.24, 2.45) is 0 Å². The molecule has 2 fully saturated rings. The van der Waals surface area contributed by atoms with Crippen LogP contribution in [-0.2, 0) is 18.9 Å². The van der Waals surface area contributed by atoms with Gasteiger partial charge >= 0.3 is 0 Å². The van der Waals surface area contributed by atoms with Crippen LogP contribution in [0.25, 0.3) is 0 Å². The minimum absolute atomic E-state index is 0.592. The van der Waals surface area contributed by atoms with E-state index in [1.54, 1.807) is 0 Å². The number of aliphatic hydroxyl groups is 7. The molecule has 10 atom stereocenters. The minimum atomic E-state index is -1.69. The maximum atomic E-state index is 10.2. The molecule has 2 rings (SSSR count). The van der Waals surface area contributed by atoms with E-state index in [1.807, 2.05) is 0 Å². The second kappa shape index (κ2) is 15.5. The third kappa shape index (κ3) is 8.10. The molecule has 2 aliphatic heterocycles. The summed E-state index contributed by atoms with van der Waals surface area (Å²) >= 11 is 0. The zero-order chi connectivity index (χ0) is 24.3. The molecule has 7 N–H and O–H groups in total. The number of hydrogen-bond donors (Lipinski definition) is 7. The molecule has 0 spiro atoms. The first-order chi connectivity index (χ1) is 15.3. The highest BCUT2D eigenvalue weighted by Gasteiger charge is 2.50. The quantitative estimate of drug-likeness (QED) is 0.187. The fourth-order valence-electron chi connectivity index (χ4n) is 3.60. The van der Waals surface area contributed by atoms with Gasteiger partial charge in [0, 0.05) is 7.11 Å². The van der Waals surface area contributed by atoms with E-state index in [9.17, 15) is 30.6 Å². The standard InChI is InChI=1S/C13H24O11.C8H18/c1-21-12-10(20)8(18)11(5(3-15)23-12)24-13-9(19)7(17)6(16)4(2-14)22-13;1-3-5-7-8-6-4-2/h4-20H,2-3H2,1H3;3-8H2,1-2H3/t4-,5-,6-,7+,8-,9-,10-,11-,12-,13-;/m1./s1. The number of rotatable bonds is 10. The smallest absolute Gasteiger partial charge is 0.187 e. The molecular weight excluding hydrogens is 428 g/mol. The molecule has 0 saturated carbocycles. The van der Waals surface area contributed by atoms with E-state index >= 15 is 0 Å². The van der Waals surface area contributed by atoms with Gasteiger partial charge in [0.2, 0.25) is 0 Å². The van der Waals surface area contributed by atoms with Crippen molar-refractivity contribution in [1.82, 2.24) is 0 Å². The van der Waals surface area contributed by atoms with Gasteiger partial charge in [-0.05, 0) is 0 Å². The van der Waals surface area contributed by atoms with Crippen LogP contribution in [0, 0.1) is 0 Å². The number of hydrogen-bond acceptors (Lipinski definition) is 11. The van der Waals surface area contributed by atoms with Gasteiger partial charge in [0.15, 0.2) is 12.6 Å². The Balaban J connectivity index is 0.000000547. The SMILES string of the molecule is CCCCCCCC.CO[C@@H]1O[C@H](CO)[C@@H](O[C@H]2O[C@H](CO)[C@@H](O)[C@H](O)[C@H]2O)[C@H](O)[C@H]1O. The van der Waals surface area contributed by atoms with Crippen LogP contribution in [0.1, 0.15) is 52.4 Å². The Morgan fingerprint density at radius 2 is 1.12 bits per heavy atom. The normalized spacial score (nSPS) is 39.9. The Labute approximate surface area is 189 Å². The Hall–Kier alpha value is -0.440. The average Bonchev–Trinajstić information content (AvgIpc) is 2.80. The third-order valence-electron chi connectivity index (χ3n) is 5.65. The molecule has 0 amide bonds. The van der Waals surface area contributed by atoms with Crippen LogP contribution in [0.2, 0.25) is 0 Å². The number of methoxy groups -OCH3 is 1. The summed E-state index contributed by atoms with van der Waals surface area (Å²) in [4.78, 5) is 0. The Kier molecular flexibility index (Phi) is 14.3. The molecule has 11 nitrogen and oxygen atoms in total. The summed E-state index contributed by atoms with van der Waals surface area (Å²) in [6.45, 7) is 3.27. The maximum Gasteiger partial charge on any atom is 0.187 e. The molecule has 0 aromatic carbocycles. The molecule has 0 aliphatic carbocycles. The maximum absolute atomic E-state index is 10.2. The van der Waals surface area contributed by atoms with Gasteiger partial charge in [-0.15, -0.1) is 0 Å². The molecule has 192 valence electrons. The summed E-state index contributed by atoms with van der Waals surface area (Å²) < 4.78 is 20.6. The van der Waals surface area contributed by atoms with Crippen molar-refractivity contribution in [1.29, 1.82) is 0 Å². The molecule has 32 heavy (non-hydrogen) atoms. The van der Waals surface area contributed by atoms with Crippen LogP contribution in [-0.4, -0.2) is 117 Å². The molecule has 2 heterocycles. The largest absolute Gasteiger partial charge is 0.394 e. The molecular formula is C21H42O11. The fourth-order valence-corrected chi connectivity index (χ4v) is 3.60. The third-order valence-corrected chi connectivity index (χ3v) is 5.65. The van der Waals surface area contributed by atoms with Gasteiger partial charge in [-0.25, -0.2) is 0 Å². The lowest BCUT2D eigenvalue weighted by Gasteiger charge is -2.45. The molecule has 0 aromatic heterocycles. The van der Waals surface area contributed by atoms with E-state index in [2.05, 4.69) is 13.8 Å². The minimum Gasteiger partial charge on any atom is -0.394 e. The van der Waals surface area contributed by atoms with Crippen LogP contribution in [0.5, 0.6) is 0 Å². The van der Waals surface area contributed by atoms with E-state index in [0.717, 1.165) is 0 Å². The van der Waals surface area contributed by atoms with Gasteiger partial charge in [-0.2, -0.15) is 0 Å². The zero-order valence-corrected chi connectivity index (χ0v) is 19.2. The lowest BCUT2D eigenvalue weighted by Crippen LogP contribution is -2.64. The summed E-state index contributed by atoms with van der Waals surface area (Å²) in [6.07, 6.45) is -5.81. The van der Waals surface area contributed by atoms with Crippen LogP contribution in [0.4, 0.5) is 0 Å². The predicted octanol–water partition coefficient (Wildman–Crippen LogP) is -1.38. The Morgan fingerprint density at radius 3 is 1.59 bits per heavy atom. The lowest BCUT2D eigenvalue weighted by atomic mass is 9.97. The van der Waals surface area contributed by atoms with E-state index in [1.165, 1.54) is 45.6 Å². The second-order valence-corrected chi connectivity index (χ2v) is 8.15. The van der Waals surface area contributed by atoms with E-state index in [0.29, 0.717) is 0 Å². The van der Waals surface area contributed by atoms with Crippen LogP contribution >= 0.6 is 0 Å². The lowest BCUT2D eigenvalue weighted by molar-refractivity contribution is -0.357. The summed E-state index contributed by atoms with van der Waals surface area (Å²) in [5.74, 6) is 0. The molecule has 0 bridgehead atoms. The van der Waals surface area contributed by atoms with Crippen molar-refractivity contribution in [2.45, 2.75) is 114 Å². The van der Waals surface area contributed by atoms with Crippen molar-refractivity contribution in [3.63, 3.8) is 0 Å². The van der Waals surface area contributed by atoms with Crippen molar-refractivity contribution < 1.29 is 54.7 Å². The van der Waals surface area contributed by atoms with Gasteiger partial charge in [0.25, 0.3) is 0 Å². The highest BCUT2D eigenvalue weighted by molar-refractivity contribution is 4.93. The summed E-state index contributed by atoms with van der Waals surface area (Å²) in [6, 6.07) is 0. The van der Waals surface area contributed by atoms with E-state index in [-0.39, 0.29) is 0 Å².